The zero-order chi connectivity index (χ0) is 20.9. The van der Waals surface area contributed by atoms with E-state index in [-0.39, 0.29) is 11.0 Å². The fourth-order valence-corrected chi connectivity index (χ4v) is 6.49. The Morgan fingerprint density at radius 2 is 2.17 bits per heavy atom. The highest BCUT2D eigenvalue weighted by atomic mass is 32.2. The van der Waals surface area contributed by atoms with Crippen LogP contribution in [-0.2, 0) is 34.4 Å². The number of fused-ring (bicyclic) bond motifs is 3. The minimum Gasteiger partial charge on any atom is -0.396 e. The quantitative estimate of drug-likeness (QED) is 0.665. The largest absolute Gasteiger partial charge is 0.396 e. The van der Waals surface area contributed by atoms with Gasteiger partial charge in [-0.3, -0.25) is 9.00 Å². The maximum absolute atomic E-state index is 12.8. The molecule has 9 heteroatoms. The fraction of sp³-hybridized carbons (Fsp3) is 0.450. The third-order valence-electron chi connectivity index (χ3n) is 5.52. The summed E-state index contributed by atoms with van der Waals surface area (Å²) < 4.78 is 19.9. The van der Waals surface area contributed by atoms with Crippen LogP contribution in [0.25, 0.3) is 21.6 Å². The Morgan fingerprint density at radius 1 is 1.41 bits per heavy atom. The van der Waals surface area contributed by atoms with E-state index in [0.29, 0.717) is 28.0 Å². The van der Waals surface area contributed by atoms with E-state index in [1.54, 1.807) is 14.2 Å². The summed E-state index contributed by atoms with van der Waals surface area (Å²) in [6.45, 7) is 4.79. The third-order valence-corrected chi connectivity index (χ3v) is 8.39. The number of pyridine rings is 1. The molecule has 0 aromatic carbocycles. The summed E-state index contributed by atoms with van der Waals surface area (Å²) in [6, 6.07) is 1.52. The van der Waals surface area contributed by atoms with Crippen LogP contribution in [0.5, 0.6) is 0 Å². The molecular formula is C20H24N4O3S2. The first-order chi connectivity index (χ1) is 13.7. The molecule has 0 amide bonds. The van der Waals surface area contributed by atoms with Crippen LogP contribution in [0.1, 0.15) is 31.4 Å². The first-order valence-electron chi connectivity index (χ1n) is 9.40. The molecule has 1 unspecified atom stereocenters. The number of anilines is 1. The summed E-state index contributed by atoms with van der Waals surface area (Å²) in [5.41, 5.74) is 10.4. The van der Waals surface area contributed by atoms with E-state index in [2.05, 4.69) is 18.8 Å². The number of ether oxygens (including phenoxy) is 1. The summed E-state index contributed by atoms with van der Waals surface area (Å²) in [5.74, 6) is 0.391. The molecule has 0 radical (unpaired) electrons. The van der Waals surface area contributed by atoms with Crippen LogP contribution in [0.3, 0.4) is 0 Å². The molecule has 0 aliphatic heterocycles. The van der Waals surface area contributed by atoms with Crippen molar-refractivity contribution in [1.29, 1.82) is 0 Å². The van der Waals surface area contributed by atoms with Gasteiger partial charge in [-0.15, -0.1) is 11.3 Å². The van der Waals surface area contributed by atoms with Gasteiger partial charge < -0.3 is 15.0 Å². The number of aryl methyl sites for hydroxylation is 1. The lowest BCUT2D eigenvalue weighted by Crippen LogP contribution is -2.16. The second-order valence-corrected chi connectivity index (χ2v) is 10.7. The zero-order valence-corrected chi connectivity index (χ0v) is 18.6. The van der Waals surface area contributed by atoms with E-state index in [1.165, 1.54) is 28.3 Å². The molecule has 0 fully saturated rings. The maximum Gasteiger partial charge on any atom is 0.253 e. The van der Waals surface area contributed by atoms with Gasteiger partial charge >= 0.3 is 0 Å². The molecule has 29 heavy (non-hydrogen) atoms. The maximum atomic E-state index is 12.8. The average Bonchev–Trinajstić information content (AvgIpc) is 3.18. The number of methoxy groups -OCH3 is 1. The summed E-state index contributed by atoms with van der Waals surface area (Å²) in [7, 11) is 2.01. The number of hydrogen-bond donors (Lipinski definition) is 1. The van der Waals surface area contributed by atoms with Gasteiger partial charge in [-0.25, -0.2) is 9.97 Å². The van der Waals surface area contributed by atoms with Crippen LogP contribution < -0.4 is 11.3 Å². The molecule has 0 bridgehead atoms. The average molecular weight is 433 g/mol. The first kappa shape index (κ1) is 20.2. The van der Waals surface area contributed by atoms with Crippen molar-refractivity contribution in [2.45, 2.75) is 36.3 Å². The first-order valence-corrected chi connectivity index (χ1v) is 11.5. The number of nitrogens with two attached hydrogens (primary N) is 1. The summed E-state index contributed by atoms with van der Waals surface area (Å²) in [4.78, 5) is 22.2. The van der Waals surface area contributed by atoms with Crippen LogP contribution in [0.4, 0.5) is 5.69 Å². The van der Waals surface area contributed by atoms with Crippen molar-refractivity contribution in [2.75, 3.05) is 25.2 Å². The molecule has 154 valence electrons. The van der Waals surface area contributed by atoms with Crippen LogP contribution in [0.2, 0.25) is 0 Å². The van der Waals surface area contributed by atoms with Crippen molar-refractivity contribution in [1.82, 2.24) is 14.5 Å². The monoisotopic (exact) mass is 432 g/mol. The molecule has 3 aromatic rings. The Hall–Kier alpha value is -2.10. The van der Waals surface area contributed by atoms with Gasteiger partial charge in [0.25, 0.3) is 5.56 Å². The molecule has 0 spiro atoms. The van der Waals surface area contributed by atoms with E-state index >= 15 is 0 Å². The van der Waals surface area contributed by atoms with E-state index in [9.17, 15) is 9.00 Å². The van der Waals surface area contributed by atoms with Gasteiger partial charge in [-0.05, 0) is 29.4 Å². The van der Waals surface area contributed by atoms with E-state index in [1.807, 2.05) is 0 Å². The van der Waals surface area contributed by atoms with Gasteiger partial charge in [0.15, 0.2) is 0 Å². The van der Waals surface area contributed by atoms with Crippen molar-refractivity contribution in [2.24, 2.45) is 7.05 Å². The topological polar surface area (TPSA) is 100 Å². The van der Waals surface area contributed by atoms with Crippen molar-refractivity contribution in [3.63, 3.8) is 0 Å². The number of thiophene rings is 1. The Labute approximate surface area is 175 Å². The molecule has 1 aliphatic carbocycles. The molecule has 7 nitrogen and oxygen atoms in total. The molecular weight excluding hydrogens is 408 g/mol. The van der Waals surface area contributed by atoms with Gasteiger partial charge in [0.05, 0.1) is 46.6 Å². The third kappa shape index (κ3) is 3.31. The Bertz CT molecular complexity index is 1200. The second kappa shape index (κ2) is 7.30. The molecule has 1 atom stereocenters. The highest BCUT2D eigenvalue weighted by molar-refractivity contribution is 7.87. The lowest BCUT2D eigenvalue weighted by molar-refractivity contribution is 0.218. The zero-order valence-electron chi connectivity index (χ0n) is 16.9. The normalized spacial score (nSPS) is 16.3. The summed E-state index contributed by atoms with van der Waals surface area (Å²) >= 11 is 1.36. The number of nitrogens with zero attached hydrogens (tertiary/aromatic N) is 3. The van der Waals surface area contributed by atoms with Crippen molar-refractivity contribution in [3.05, 3.63) is 33.9 Å². The van der Waals surface area contributed by atoms with Crippen molar-refractivity contribution >= 4 is 38.0 Å². The van der Waals surface area contributed by atoms with Gasteiger partial charge in [0.2, 0.25) is 0 Å². The number of rotatable bonds is 5. The Balaban J connectivity index is 1.99. The predicted octanol–water partition coefficient (Wildman–Crippen LogP) is 2.62. The molecule has 1 aliphatic rings. The standard InChI is InChI=1S/C20H24N4O3S2/c1-20(2)6-5-11-15(20)14-16(21)19(29(26)8-7-27-4)28-18(14)23-17(11)12-9-13(25)24(3)10-22-12/h9-10H,5-8,21H2,1-4H3. The lowest BCUT2D eigenvalue weighted by atomic mass is 9.84. The molecule has 2 N–H and O–H groups in total. The van der Waals surface area contributed by atoms with Crippen LogP contribution in [-0.4, -0.2) is 38.2 Å². The SMILES string of the molecule is COCCS(=O)c1sc2nc(-c3cc(=O)n(C)cn3)c3c(c2c1N)C(C)(C)CC3. The van der Waals surface area contributed by atoms with E-state index in [0.717, 1.165) is 39.9 Å². The molecule has 3 heterocycles. The molecule has 4 rings (SSSR count). The number of hydrogen-bond acceptors (Lipinski definition) is 7. The summed E-state index contributed by atoms with van der Waals surface area (Å²) in [6.07, 6.45) is 3.32. The number of nitrogen functional groups attached to an aromatic ring is 1. The number of aromatic nitrogens is 3. The Morgan fingerprint density at radius 3 is 2.86 bits per heavy atom. The van der Waals surface area contributed by atoms with Crippen molar-refractivity contribution < 1.29 is 8.95 Å². The van der Waals surface area contributed by atoms with Crippen LogP contribution in [0, 0.1) is 0 Å². The van der Waals surface area contributed by atoms with E-state index in [4.69, 9.17) is 15.5 Å². The fourth-order valence-electron chi connectivity index (χ4n) is 3.95. The van der Waals surface area contributed by atoms with Gasteiger partial charge in [-0.1, -0.05) is 13.8 Å². The minimum absolute atomic E-state index is 0.0918. The predicted molar refractivity (Wildman–Crippen MR) is 117 cm³/mol. The minimum atomic E-state index is -1.25. The van der Waals surface area contributed by atoms with Gasteiger partial charge in [0.1, 0.15) is 9.04 Å². The highest BCUT2D eigenvalue weighted by Gasteiger charge is 2.37. The van der Waals surface area contributed by atoms with Gasteiger partial charge in [-0.2, -0.15) is 0 Å². The second-order valence-electron chi connectivity index (χ2n) is 7.95. The van der Waals surface area contributed by atoms with Crippen LogP contribution in [0.15, 0.2) is 21.4 Å². The van der Waals surface area contributed by atoms with Crippen LogP contribution >= 0.6 is 11.3 Å². The smallest absolute Gasteiger partial charge is 0.253 e. The van der Waals surface area contributed by atoms with E-state index < -0.39 is 10.8 Å². The Kier molecular flexibility index (Phi) is 5.08. The highest BCUT2D eigenvalue weighted by Crippen LogP contribution is 2.49. The molecule has 3 aromatic heterocycles. The van der Waals surface area contributed by atoms with Crippen molar-refractivity contribution in [3.8, 4) is 11.4 Å². The molecule has 0 saturated heterocycles. The summed E-state index contributed by atoms with van der Waals surface area (Å²) in [5, 5.41) is 0.904. The van der Waals surface area contributed by atoms with Gasteiger partial charge in [0, 0.05) is 25.6 Å². The lowest BCUT2D eigenvalue weighted by Gasteiger charge is -2.21. The molecule has 0 saturated carbocycles.